The van der Waals surface area contributed by atoms with E-state index >= 15 is 0 Å². The van der Waals surface area contributed by atoms with Gasteiger partial charge in [-0.2, -0.15) is 4.31 Å². The highest BCUT2D eigenvalue weighted by Gasteiger charge is 2.56. The fraction of sp³-hybridized carbons (Fsp3) is 0.545. The van der Waals surface area contributed by atoms with E-state index in [2.05, 4.69) is 15.0 Å². The zero-order valence-electron chi connectivity index (χ0n) is 17.6. The van der Waals surface area contributed by atoms with Gasteiger partial charge in [-0.1, -0.05) is 12.8 Å². The summed E-state index contributed by atoms with van der Waals surface area (Å²) in [5, 5.41) is 0. The van der Waals surface area contributed by atoms with Gasteiger partial charge < -0.3 is 4.90 Å². The fourth-order valence-corrected chi connectivity index (χ4v) is 6.73. The molecule has 1 saturated heterocycles. The highest BCUT2D eigenvalue weighted by Crippen LogP contribution is 2.56. The summed E-state index contributed by atoms with van der Waals surface area (Å²) in [5.74, 6) is 2.00. The van der Waals surface area contributed by atoms with Crippen LogP contribution in [0.1, 0.15) is 31.4 Å². The zero-order valence-corrected chi connectivity index (χ0v) is 18.5. The minimum absolute atomic E-state index is 0.119. The Balaban J connectivity index is 1.26. The largest absolute Gasteiger partial charge is 0.340 e. The molecule has 0 unspecified atom stereocenters. The minimum Gasteiger partial charge on any atom is -0.340 e. The maximum absolute atomic E-state index is 13.2. The average molecular weight is 442 g/mol. The summed E-state index contributed by atoms with van der Waals surface area (Å²) in [6.07, 6.45) is 9.50. The van der Waals surface area contributed by atoms with Crippen molar-refractivity contribution in [3.8, 4) is 11.4 Å². The van der Waals surface area contributed by atoms with Crippen LogP contribution in [0, 0.1) is 24.7 Å². The highest BCUT2D eigenvalue weighted by atomic mass is 32.2. The summed E-state index contributed by atoms with van der Waals surface area (Å²) in [4.78, 5) is 27.6. The van der Waals surface area contributed by atoms with Crippen molar-refractivity contribution < 1.29 is 13.2 Å². The van der Waals surface area contributed by atoms with Gasteiger partial charge in [0, 0.05) is 50.1 Å². The van der Waals surface area contributed by atoms with Gasteiger partial charge in [0.2, 0.25) is 15.9 Å². The molecule has 3 aliphatic rings. The molecule has 2 saturated carbocycles. The van der Waals surface area contributed by atoms with Crippen molar-refractivity contribution in [1.82, 2.24) is 24.2 Å². The van der Waals surface area contributed by atoms with Crippen LogP contribution in [0.2, 0.25) is 0 Å². The lowest BCUT2D eigenvalue weighted by atomic mass is 10.0. The number of fused-ring (bicyclic) bond motifs is 1. The molecule has 1 amide bonds. The third-order valence-corrected chi connectivity index (χ3v) is 8.97. The Morgan fingerprint density at radius 3 is 2.39 bits per heavy atom. The third kappa shape index (κ3) is 3.74. The normalized spacial score (nSPS) is 26.4. The number of amides is 1. The van der Waals surface area contributed by atoms with Crippen LogP contribution in [0.3, 0.4) is 0 Å². The molecule has 2 aromatic rings. The molecule has 8 nitrogen and oxygen atoms in total. The highest BCUT2D eigenvalue weighted by molar-refractivity contribution is 7.89. The lowest BCUT2D eigenvalue weighted by molar-refractivity contribution is -0.134. The molecule has 0 bridgehead atoms. The number of rotatable bonds is 4. The number of pyridine rings is 1. The second-order valence-electron chi connectivity index (χ2n) is 8.75. The predicted octanol–water partition coefficient (Wildman–Crippen LogP) is 2.12. The maximum Gasteiger partial charge on any atom is 0.246 e. The number of aryl methyl sites for hydroxylation is 1. The summed E-state index contributed by atoms with van der Waals surface area (Å²) in [6, 6.07) is 3.62. The van der Waals surface area contributed by atoms with Crippen LogP contribution in [0.4, 0.5) is 0 Å². The molecule has 164 valence electrons. The van der Waals surface area contributed by atoms with Crippen LogP contribution < -0.4 is 0 Å². The predicted molar refractivity (Wildman–Crippen MR) is 114 cm³/mol. The molecule has 0 N–H and O–H groups in total. The molecule has 2 aliphatic carbocycles. The number of nitrogens with zero attached hydrogens (tertiary/aromatic N) is 5. The van der Waals surface area contributed by atoms with E-state index in [0.717, 1.165) is 5.56 Å². The Labute approximate surface area is 182 Å². The molecule has 3 fully saturated rings. The second kappa shape index (κ2) is 7.94. The van der Waals surface area contributed by atoms with Gasteiger partial charge in [-0.15, -0.1) is 0 Å². The molecule has 5 rings (SSSR count). The lowest BCUT2D eigenvalue weighted by Crippen LogP contribution is -2.51. The Hall–Kier alpha value is -2.39. The standard InChI is InChI=1S/C22H27N5O3S/c1-15-19(14-24-21(25-15)16-5-4-8-23-13-16)31(29,30)27-11-9-26(10-12-27)22(28)20-17-6-2-3-7-18(17)20/h4-5,8,13-14,17-18,20H,2-3,6-7,9-12H2,1H3/t17-,18-/m0/s1. The van der Waals surface area contributed by atoms with E-state index in [9.17, 15) is 13.2 Å². The lowest BCUT2D eigenvalue weighted by Gasteiger charge is -2.34. The van der Waals surface area contributed by atoms with Crippen molar-refractivity contribution in [2.45, 2.75) is 37.5 Å². The number of sulfonamides is 1. The number of hydrogen-bond acceptors (Lipinski definition) is 6. The fourth-order valence-electron chi connectivity index (χ4n) is 5.20. The van der Waals surface area contributed by atoms with Crippen molar-refractivity contribution in [3.63, 3.8) is 0 Å². The first kappa shape index (κ1) is 20.5. The van der Waals surface area contributed by atoms with E-state index in [4.69, 9.17) is 0 Å². The molecule has 31 heavy (non-hydrogen) atoms. The van der Waals surface area contributed by atoms with Gasteiger partial charge in [-0.3, -0.25) is 9.78 Å². The minimum atomic E-state index is -3.71. The first-order valence-electron chi connectivity index (χ1n) is 11.0. The maximum atomic E-state index is 13.2. The Kier molecular flexibility index (Phi) is 5.26. The van der Waals surface area contributed by atoms with Gasteiger partial charge in [0.15, 0.2) is 5.82 Å². The molecule has 0 spiro atoms. The Morgan fingerprint density at radius 1 is 1.06 bits per heavy atom. The first-order chi connectivity index (χ1) is 15.0. The van der Waals surface area contributed by atoms with E-state index < -0.39 is 10.0 Å². The van der Waals surface area contributed by atoms with Crippen LogP contribution >= 0.6 is 0 Å². The van der Waals surface area contributed by atoms with E-state index in [1.165, 1.54) is 36.2 Å². The van der Waals surface area contributed by atoms with E-state index in [1.807, 2.05) is 11.0 Å². The number of piperazine rings is 1. The average Bonchev–Trinajstić information content (AvgIpc) is 3.53. The van der Waals surface area contributed by atoms with Gasteiger partial charge >= 0.3 is 0 Å². The number of hydrogen-bond donors (Lipinski definition) is 0. The van der Waals surface area contributed by atoms with Crippen molar-refractivity contribution >= 4 is 15.9 Å². The van der Waals surface area contributed by atoms with Gasteiger partial charge in [0.05, 0.1) is 11.9 Å². The van der Waals surface area contributed by atoms with Crippen LogP contribution in [-0.2, 0) is 14.8 Å². The second-order valence-corrected chi connectivity index (χ2v) is 10.7. The summed E-state index contributed by atoms with van der Waals surface area (Å²) in [5.41, 5.74) is 1.15. The van der Waals surface area contributed by atoms with Gasteiger partial charge in [0.1, 0.15) is 4.90 Å². The summed E-state index contributed by atoms with van der Waals surface area (Å²) >= 11 is 0. The molecule has 0 aromatic carbocycles. The van der Waals surface area contributed by atoms with Crippen LogP contribution in [0.25, 0.3) is 11.4 Å². The van der Waals surface area contributed by atoms with Crippen molar-refractivity contribution in [3.05, 3.63) is 36.4 Å². The van der Waals surface area contributed by atoms with Crippen molar-refractivity contribution in [1.29, 1.82) is 0 Å². The van der Waals surface area contributed by atoms with E-state index in [0.29, 0.717) is 49.5 Å². The molecular weight excluding hydrogens is 414 g/mol. The quantitative estimate of drug-likeness (QED) is 0.721. The molecule has 2 atom stereocenters. The summed E-state index contributed by atoms with van der Waals surface area (Å²) in [6.45, 7) is 3.19. The molecule has 9 heteroatoms. The summed E-state index contributed by atoms with van der Waals surface area (Å²) < 4.78 is 27.9. The summed E-state index contributed by atoms with van der Waals surface area (Å²) in [7, 11) is -3.71. The van der Waals surface area contributed by atoms with Crippen LogP contribution in [0.5, 0.6) is 0 Å². The third-order valence-electron chi connectivity index (χ3n) is 6.96. The monoisotopic (exact) mass is 441 g/mol. The number of carbonyl (C=O) groups is 1. The van der Waals surface area contributed by atoms with Crippen molar-refractivity contribution in [2.24, 2.45) is 17.8 Å². The first-order valence-corrected chi connectivity index (χ1v) is 12.4. The zero-order chi connectivity index (χ0) is 21.6. The van der Waals surface area contributed by atoms with Crippen molar-refractivity contribution in [2.75, 3.05) is 26.2 Å². The van der Waals surface area contributed by atoms with E-state index in [-0.39, 0.29) is 16.7 Å². The molecule has 0 radical (unpaired) electrons. The molecule has 2 aromatic heterocycles. The number of aromatic nitrogens is 3. The van der Waals surface area contributed by atoms with Crippen LogP contribution in [-0.4, -0.2) is 64.7 Å². The van der Waals surface area contributed by atoms with Gasteiger partial charge in [-0.05, 0) is 43.7 Å². The van der Waals surface area contributed by atoms with Gasteiger partial charge in [-0.25, -0.2) is 18.4 Å². The smallest absolute Gasteiger partial charge is 0.246 e. The Bertz CT molecular complexity index is 1070. The van der Waals surface area contributed by atoms with Gasteiger partial charge in [0.25, 0.3) is 0 Å². The SMILES string of the molecule is Cc1nc(-c2cccnc2)ncc1S(=O)(=O)N1CCN(C(=O)C2[C@H]3CCCC[C@H]23)CC1. The van der Waals surface area contributed by atoms with Crippen LogP contribution in [0.15, 0.2) is 35.6 Å². The molecule has 3 heterocycles. The Morgan fingerprint density at radius 2 is 1.77 bits per heavy atom. The molecule has 1 aliphatic heterocycles. The topological polar surface area (TPSA) is 96.4 Å². The molecular formula is C22H27N5O3S. The number of carbonyl (C=O) groups excluding carboxylic acids is 1. The van der Waals surface area contributed by atoms with E-state index in [1.54, 1.807) is 25.4 Å².